The highest BCUT2D eigenvalue weighted by Crippen LogP contribution is 2.41. The smallest absolute Gasteiger partial charge is 0.247 e. The maximum absolute atomic E-state index is 14.0. The summed E-state index contributed by atoms with van der Waals surface area (Å²) in [7, 11) is 1.61. The van der Waals surface area contributed by atoms with Gasteiger partial charge in [-0.2, -0.15) is 0 Å². The molecule has 2 aromatic rings. The Balaban J connectivity index is 1.85. The molecular formula is C27H34N4O4. The van der Waals surface area contributed by atoms with E-state index in [0.717, 1.165) is 36.4 Å². The second-order valence-electron chi connectivity index (χ2n) is 10.3. The van der Waals surface area contributed by atoms with Crippen molar-refractivity contribution >= 4 is 29.1 Å². The normalized spacial score (nSPS) is 19.5. The van der Waals surface area contributed by atoms with E-state index in [2.05, 4.69) is 15.5 Å². The molecule has 186 valence electrons. The summed E-state index contributed by atoms with van der Waals surface area (Å²) in [6.07, 6.45) is 1.64. The van der Waals surface area contributed by atoms with Gasteiger partial charge < -0.3 is 25.2 Å². The summed E-state index contributed by atoms with van der Waals surface area (Å²) in [5.41, 5.74) is 2.59. The number of benzene rings is 2. The molecular weight excluding hydrogens is 444 g/mol. The number of hydrogen-bond donors (Lipinski definition) is 2. The molecule has 3 amide bonds. The molecule has 2 aliphatic rings. The fraction of sp³-hybridized carbons (Fsp3) is 0.444. The molecule has 2 atom stereocenters. The Morgan fingerprint density at radius 3 is 2.46 bits per heavy atom. The number of fused-ring (bicyclic) bond motifs is 3. The Morgan fingerprint density at radius 1 is 1.11 bits per heavy atom. The highest BCUT2D eigenvalue weighted by atomic mass is 16.5. The molecule has 1 fully saturated rings. The van der Waals surface area contributed by atoms with Gasteiger partial charge in [0, 0.05) is 42.5 Å². The molecule has 0 radical (unpaired) electrons. The minimum Gasteiger partial charge on any atom is -0.497 e. The molecule has 2 aliphatic heterocycles. The van der Waals surface area contributed by atoms with Crippen LogP contribution in [-0.2, 0) is 20.9 Å². The largest absolute Gasteiger partial charge is 0.497 e. The zero-order valence-corrected chi connectivity index (χ0v) is 21.1. The van der Waals surface area contributed by atoms with Gasteiger partial charge >= 0.3 is 0 Å². The zero-order valence-electron chi connectivity index (χ0n) is 21.1. The summed E-state index contributed by atoms with van der Waals surface area (Å²) >= 11 is 0. The van der Waals surface area contributed by atoms with Crippen molar-refractivity contribution in [3.8, 4) is 5.75 Å². The van der Waals surface area contributed by atoms with E-state index in [-0.39, 0.29) is 30.3 Å². The van der Waals surface area contributed by atoms with Crippen molar-refractivity contribution in [2.24, 2.45) is 0 Å². The molecule has 1 saturated heterocycles. The highest BCUT2D eigenvalue weighted by Gasteiger charge is 2.45. The molecule has 2 N–H and O–H groups in total. The molecule has 2 heterocycles. The average molecular weight is 479 g/mol. The van der Waals surface area contributed by atoms with Crippen LogP contribution in [0, 0.1) is 0 Å². The average Bonchev–Trinajstić information content (AvgIpc) is 3.24. The second-order valence-corrected chi connectivity index (χ2v) is 10.3. The van der Waals surface area contributed by atoms with Gasteiger partial charge in [-0.15, -0.1) is 0 Å². The van der Waals surface area contributed by atoms with Crippen LogP contribution in [0.15, 0.2) is 42.5 Å². The number of carbonyl (C=O) groups excluding carboxylic acids is 3. The van der Waals surface area contributed by atoms with Crippen LogP contribution in [0.5, 0.6) is 5.75 Å². The molecule has 4 rings (SSSR count). The van der Waals surface area contributed by atoms with Gasteiger partial charge in [-0.3, -0.25) is 14.4 Å². The standard InChI is InChI=1S/C27H34N4O4/c1-17(32)28-19-10-13-22-21(15-19)24(25(33)29-27(2,3)4)31(26(34)23-7-6-14-30(22)23)16-18-8-11-20(35-5)12-9-18/h8-13,15,23-24H,6-7,14,16H2,1-5H3,(H,28,32)(H,29,33)/t23-,24-/m0/s1. The number of rotatable bonds is 5. The van der Waals surface area contributed by atoms with Gasteiger partial charge in [0.15, 0.2) is 0 Å². The van der Waals surface area contributed by atoms with Crippen LogP contribution in [0.25, 0.3) is 0 Å². The monoisotopic (exact) mass is 478 g/mol. The lowest BCUT2D eigenvalue weighted by molar-refractivity contribution is -0.142. The molecule has 8 heteroatoms. The number of nitrogens with one attached hydrogen (secondary N) is 2. The molecule has 0 saturated carbocycles. The van der Waals surface area contributed by atoms with E-state index < -0.39 is 11.6 Å². The van der Waals surface area contributed by atoms with Crippen molar-refractivity contribution in [3.63, 3.8) is 0 Å². The minimum absolute atomic E-state index is 0.0651. The van der Waals surface area contributed by atoms with Crippen LogP contribution in [0.4, 0.5) is 11.4 Å². The first-order chi connectivity index (χ1) is 16.6. The fourth-order valence-electron chi connectivity index (χ4n) is 4.93. The molecule has 0 aromatic heterocycles. The van der Waals surface area contributed by atoms with Crippen molar-refractivity contribution in [1.82, 2.24) is 10.2 Å². The quantitative estimate of drug-likeness (QED) is 0.685. The minimum atomic E-state index is -0.849. The summed E-state index contributed by atoms with van der Waals surface area (Å²) in [4.78, 5) is 43.3. The number of amides is 3. The number of anilines is 2. The van der Waals surface area contributed by atoms with E-state index >= 15 is 0 Å². The third-order valence-electron chi connectivity index (χ3n) is 6.34. The SMILES string of the molecule is COc1ccc(CN2C(=O)[C@@H]3CCCN3c3ccc(NC(C)=O)cc3[C@H]2C(=O)NC(C)(C)C)cc1. The Morgan fingerprint density at radius 2 is 1.83 bits per heavy atom. The summed E-state index contributed by atoms with van der Waals surface area (Å²) < 4.78 is 5.28. The van der Waals surface area contributed by atoms with Crippen LogP contribution in [0.2, 0.25) is 0 Å². The maximum atomic E-state index is 14.0. The van der Waals surface area contributed by atoms with Gasteiger partial charge in [-0.05, 0) is 69.5 Å². The molecule has 0 unspecified atom stereocenters. The molecule has 0 spiro atoms. The van der Waals surface area contributed by atoms with Crippen LogP contribution in [-0.4, -0.2) is 47.9 Å². The number of methoxy groups -OCH3 is 1. The summed E-state index contributed by atoms with van der Waals surface area (Å²) in [5.74, 6) is 0.219. The fourth-order valence-corrected chi connectivity index (χ4v) is 4.93. The molecule has 8 nitrogen and oxygen atoms in total. The summed E-state index contributed by atoms with van der Waals surface area (Å²) in [6.45, 7) is 8.23. The van der Waals surface area contributed by atoms with Gasteiger partial charge in [-0.25, -0.2) is 0 Å². The summed E-state index contributed by atoms with van der Waals surface area (Å²) in [6, 6.07) is 11.9. The van der Waals surface area contributed by atoms with Crippen molar-refractivity contribution in [2.45, 2.75) is 64.7 Å². The lowest BCUT2D eigenvalue weighted by atomic mass is 9.98. The Labute approximate surface area is 206 Å². The molecule has 2 aromatic carbocycles. The first kappa shape index (κ1) is 24.6. The topological polar surface area (TPSA) is 91.0 Å². The number of ether oxygens (including phenoxy) is 1. The lowest BCUT2D eigenvalue weighted by Crippen LogP contribution is -2.50. The van der Waals surface area contributed by atoms with Crippen LogP contribution in [0.3, 0.4) is 0 Å². The Hall–Kier alpha value is -3.55. The van der Waals surface area contributed by atoms with Gasteiger partial charge in [0.1, 0.15) is 17.8 Å². The van der Waals surface area contributed by atoms with Crippen LogP contribution in [0.1, 0.15) is 57.7 Å². The van der Waals surface area contributed by atoms with Crippen LogP contribution >= 0.6 is 0 Å². The number of hydrogen-bond acceptors (Lipinski definition) is 5. The number of carbonyl (C=O) groups is 3. The van der Waals surface area contributed by atoms with E-state index in [0.29, 0.717) is 11.3 Å². The predicted octanol–water partition coefficient (Wildman–Crippen LogP) is 3.62. The van der Waals surface area contributed by atoms with E-state index in [9.17, 15) is 14.4 Å². The van der Waals surface area contributed by atoms with Crippen molar-refractivity contribution in [3.05, 3.63) is 53.6 Å². The van der Waals surface area contributed by atoms with Gasteiger partial charge in [0.25, 0.3) is 0 Å². The summed E-state index contributed by atoms with van der Waals surface area (Å²) in [5, 5.41) is 5.90. The first-order valence-electron chi connectivity index (χ1n) is 12.0. The number of nitrogens with zero attached hydrogens (tertiary/aromatic N) is 2. The highest BCUT2D eigenvalue weighted by molar-refractivity contribution is 5.97. The van der Waals surface area contributed by atoms with Crippen molar-refractivity contribution in [1.29, 1.82) is 0 Å². The molecule has 35 heavy (non-hydrogen) atoms. The maximum Gasteiger partial charge on any atom is 0.247 e. The zero-order chi connectivity index (χ0) is 25.3. The molecule has 0 aliphatic carbocycles. The Kier molecular flexibility index (Phi) is 6.74. The Bertz CT molecular complexity index is 1120. The van der Waals surface area contributed by atoms with Crippen LogP contribution < -0.4 is 20.3 Å². The van der Waals surface area contributed by atoms with Gasteiger partial charge in [0.2, 0.25) is 17.7 Å². The van der Waals surface area contributed by atoms with E-state index in [1.54, 1.807) is 12.0 Å². The van der Waals surface area contributed by atoms with E-state index in [4.69, 9.17) is 4.74 Å². The van der Waals surface area contributed by atoms with Gasteiger partial charge in [0.05, 0.1) is 7.11 Å². The molecule has 0 bridgehead atoms. The van der Waals surface area contributed by atoms with Crippen molar-refractivity contribution < 1.29 is 19.1 Å². The third-order valence-corrected chi connectivity index (χ3v) is 6.34. The van der Waals surface area contributed by atoms with Crippen molar-refractivity contribution in [2.75, 3.05) is 23.9 Å². The van der Waals surface area contributed by atoms with Gasteiger partial charge in [-0.1, -0.05) is 12.1 Å². The van der Waals surface area contributed by atoms with E-state index in [1.165, 1.54) is 6.92 Å². The van der Waals surface area contributed by atoms with E-state index in [1.807, 2.05) is 63.2 Å². The lowest BCUT2D eigenvalue weighted by Gasteiger charge is -2.33. The third kappa shape index (κ3) is 5.26. The second kappa shape index (κ2) is 9.60. The predicted molar refractivity (Wildman–Crippen MR) is 135 cm³/mol. The first-order valence-corrected chi connectivity index (χ1v) is 12.0.